The van der Waals surface area contributed by atoms with Crippen LogP contribution < -0.4 is 11.1 Å². The first-order valence-electron chi connectivity index (χ1n) is 13.0. The number of rotatable bonds is 8. The maximum Gasteiger partial charge on any atom is 0.340 e. The minimum absolute atomic E-state index is 0.180. The molecule has 2 amide bonds. The van der Waals surface area contributed by atoms with E-state index < -0.39 is 23.9 Å². The van der Waals surface area contributed by atoms with Gasteiger partial charge in [0.1, 0.15) is 0 Å². The third-order valence-electron chi connectivity index (χ3n) is 6.94. The van der Waals surface area contributed by atoms with E-state index in [1.807, 2.05) is 42.5 Å². The molecule has 3 aromatic carbocycles. The third kappa shape index (κ3) is 5.66. The largest absolute Gasteiger partial charge is 0.449 e. The Kier molecular flexibility index (Phi) is 7.65. The van der Waals surface area contributed by atoms with E-state index >= 15 is 0 Å². The number of hydrogen-bond acceptors (Lipinski definition) is 6. The first-order valence-corrected chi connectivity index (χ1v) is 13.0. The number of nitrogens with one attached hydrogen (secondary N) is 1. The van der Waals surface area contributed by atoms with Gasteiger partial charge in [-0.15, -0.1) is 0 Å². The molecule has 8 heteroatoms. The number of pyridine rings is 1. The zero-order valence-electron chi connectivity index (χ0n) is 21.7. The first kappa shape index (κ1) is 26.1. The fraction of sp³-hybridized carbons (Fsp3) is 0.226. The summed E-state index contributed by atoms with van der Waals surface area (Å²) >= 11 is 0. The molecule has 0 fully saturated rings. The minimum atomic E-state index is -1.06. The molecule has 0 aliphatic carbocycles. The second kappa shape index (κ2) is 11.4. The van der Waals surface area contributed by atoms with Gasteiger partial charge in [0.05, 0.1) is 22.3 Å². The quantitative estimate of drug-likeness (QED) is 0.330. The Morgan fingerprint density at radius 1 is 1.00 bits per heavy atom. The van der Waals surface area contributed by atoms with Crippen LogP contribution in [0.2, 0.25) is 0 Å². The fourth-order valence-corrected chi connectivity index (χ4v) is 4.99. The molecule has 1 aliphatic heterocycles. The second-order valence-electron chi connectivity index (χ2n) is 9.58. The van der Waals surface area contributed by atoms with E-state index in [4.69, 9.17) is 15.5 Å². The molecule has 0 radical (unpaired) electrons. The highest BCUT2D eigenvalue weighted by molar-refractivity contribution is 6.07. The van der Waals surface area contributed by atoms with E-state index in [9.17, 15) is 14.4 Å². The van der Waals surface area contributed by atoms with Crippen molar-refractivity contribution in [3.05, 3.63) is 107 Å². The molecular formula is C31H30N4O4. The first-order chi connectivity index (χ1) is 18.9. The van der Waals surface area contributed by atoms with Gasteiger partial charge < -0.3 is 15.8 Å². The number of ether oxygens (including phenoxy) is 1. The van der Waals surface area contributed by atoms with Crippen molar-refractivity contribution in [2.24, 2.45) is 5.73 Å². The topological polar surface area (TPSA) is 115 Å². The van der Waals surface area contributed by atoms with Crippen LogP contribution in [0.15, 0.2) is 78.9 Å². The van der Waals surface area contributed by atoms with Crippen molar-refractivity contribution in [1.29, 1.82) is 0 Å². The van der Waals surface area contributed by atoms with Gasteiger partial charge in [0.25, 0.3) is 11.8 Å². The number of esters is 1. The number of benzene rings is 3. The number of fused-ring (bicyclic) bond motifs is 2. The lowest BCUT2D eigenvalue weighted by atomic mass is 9.95. The van der Waals surface area contributed by atoms with Crippen molar-refractivity contribution >= 4 is 34.4 Å². The van der Waals surface area contributed by atoms with Crippen molar-refractivity contribution in [2.75, 3.05) is 11.9 Å². The third-order valence-corrected chi connectivity index (χ3v) is 6.94. The average molecular weight is 523 g/mol. The number of primary amides is 1. The molecule has 1 unspecified atom stereocenters. The van der Waals surface area contributed by atoms with E-state index in [1.54, 1.807) is 25.1 Å². The van der Waals surface area contributed by atoms with Crippen LogP contribution in [0.1, 0.15) is 50.9 Å². The van der Waals surface area contributed by atoms with Gasteiger partial charge in [-0.1, -0.05) is 67.6 Å². The Hall–Kier alpha value is -4.56. The summed E-state index contributed by atoms with van der Waals surface area (Å²) in [4.78, 5) is 45.8. The lowest BCUT2D eigenvalue weighted by molar-refractivity contribution is -0.124. The van der Waals surface area contributed by atoms with Crippen molar-refractivity contribution < 1.29 is 19.1 Å². The van der Waals surface area contributed by atoms with E-state index in [-0.39, 0.29) is 17.7 Å². The molecule has 4 aromatic rings. The van der Waals surface area contributed by atoms with Gasteiger partial charge in [-0.25, -0.2) is 4.79 Å². The van der Waals surface area contributed by atoms with E-state index in [0.29, 0.717) is 29.4 Å². The zero-order valence-corrected chi connectivity index (χ0v) is 21.7. The number of para-hydroxylation sites is 2. The fourth-order valence-electron chi connectivity index (χ4n) is 4.99. The predicted octanol–water partition coefficient (Wildman–Crippen LogP) is 4.47. The highest BCUT2D eigenvalue weighted by Crippen LogP contribution is 2.30. The molecule has 1 aromatic heterocycles. The van der Waals surface area contributed by atoms with Crippen LogP contribution in [-0.4, -0.2) is 40.3 Å². The van der Waals surface area contributed by atoms with Gasteiger partial charge in [-0.2, -0.15) is 0 Å². The van der Waals surface area contributed by atoms with Crippen molar-refractivity contribution in [1.82, 2.24) is 9.88 Å². The summed E-state index contributed by atoms with van der Waals surface area (Å²) in [7, 11) is 0. The van der Waals surface area contributed by atoms with Crippen molar-refractivity contribution in [2.45, 2.75) is 39.0 Å². The van der Waals surface area contributed by atoms with E-state index in [2.05, 4.69) is 22.3 Å². The molecule has 0 saturated heterocycles. The predicted molar refractivity (Wildman–Crippen MR) is 149 cm³/mol. The van der Waals surface area contributed by atoms with Gasteiger partial charge in [0, 0.05) is 42.7 Å². The number of nitrogens with zero attached hydrogens (tertiary/aromatic N) is 2. The van der Waals surface area contributed by atoms with Gasteiger partial charge in [-0.3, -0.25) is 19.5 Å². The maximum atomic E-state index is 13.8. The molecule has 0 bridgehead atoms. The number of anilines is 1. The molecule has 3 N–H and O–H groups in total. The molecule has 39 heavy (non-hydrogen) atoms. The normalized spacial score (nSPS) is 13.9. The number of carbonyl (C=O) groups is 3. The Morgan fingerprint density at radius 3 is 2.49 bits per heavy atom. The Bertz CT molecular complexity index is 1540. The monoisotopic (exact) mass is 522 g/mol. The van der Waals surface area contributed by atoms with Crippen LogP contribution in [0.5, 0.6) is 0 Å². The van der Waals surface area contributed by atoms with Crippen molar-refractivity contribution in [3.63, 3.8) is 0 Å². The van der Waals surface area contributed by atoms with Gasteiger partial charge in [0.15, 0.2) is 6.10 Å². The zero-order chi connectivity index (χ0) is 27.4. The van der Waals surface area contributed by atoms with Gasteiger partial charge in [0.2, 0.25) is 0 Å². The minimum Gasteiger partial charge on any atom is -0.449 e. The smallest absolute Gasteiger partial charge is 0.340 e. The average Bonchev–Trinajstić information content (AvgIpc) is 2.95. The SMILES string of the molecule is CCC(OC(=O)c1c2c(nc3ccccc13)CCN(Cc1ccccc1)C2)C(=O)Nc1ccccc1C(N)=O. The summed E-state index contributed by atoms with van der Waals surface area (Å²) in [6, 6.07) is 24.2. The standard InChI is InChI=1S/C31H30N4O4/c1-2-27(30(37)34-25-15-9-7-13-22(25)29(32)36)39-31(38)28-21-12-6-8-14-24(21)33-26-16-17-35(19-23(26)28)18-20-10-4-3-5-11-20/h3-15,27H,2,16-19H2,1H3,(H2,32,36)(H,34,37). The van der Waals surface area contributed by atoms with Crippen LogP contribution in [0.25, 0.3) is 10.9 Å². The molecular weight excluding hydrogens is 492 g/mol. The lowest BCUT2D eigenvalue weighted by Crippen LogP contribution is -2.35. The highest BCUT2D eigenvalue weighted by Gasteiger charge is 2.30. The molecule has 0 saturated carbocycles. The summed E-state index contributed by atoms with van der Waals surface area (Å²) in [6.45, 7) is 3.88. The van der Waals surface area contributed by atoms with Crippen LogP contribution in [0.4, 0.5) is 5.69 Å². The summed E-state index contributed by atoms with van der Waals surface area (Å²) < 4.78 is 5.83. The van der Waals surface area contributed by atoms with Gasteiger partial charge in [-0.05, 0) is 30.2 Å². The molecule has 0 spiro atoms. The molecule has 198 valence electrons. The van der Waals surface area contributed by atoms with E-state index in [1.165, 1.54) is 11.6 Å². The summed E-state index contributed by atoms with van der Waals surface area (Å²) in [5.74, 6) is -1.76. The molecule has 1 atom stereocenters. The number of nitrogens with two attached hydrogens (primary N) is 1. The lowest BCUT2D eigenvalue weighted by Gasteiger charge is -2.30. The molecule has 1 aliphatic rings. The number of carbonyl (C=O) groups excluding carboxylic acids is 3. The molecule has 8 nitrogen and oxygen atoms in total. The van der Waals surface area contributed by atoms with Crippen LogP contribution in [0, 0.1) is 0 Å². The highest BCUT2D eigenvalue weighted by atomic mass is 16.5. The molecule has 5 rings (SSSR count). The molecule has 2 heterocycles. The van der Waals surface area contributed by atoms with Crippen LogP contribution in [-0.2, 0) is 29.0 Å². The Balaban J connectivity index is 1.43. The Labute approximate surface area is 226 Å². The van der Waals surface area contributed by atoms with Crippen molar-refractivity contribution in [3.8, 4) is 0 Å². The van der Waals surface area contributed by atoms with Crippen LogP contribution in [0.3, 0.4) is 0 Å². The number of hydrogen-bond donors (Lipinski definition) is 2. The van der Waals surface area contributed by atoms with E-state index in [0.717, 1.165) is 24.3 Å². The number of amides is 2. The summed E-state index contributed by atoms with van der Waals surface area (Å²) in [5, 5.41) is 3.39. The second-order valence-corrected chi connectivity index (χ2v) is 9.58. The summed E-state index contributed by atoms with van der Waals surface area (Å²) in [5.41, 5.74) is 9.95. The number of aromatic nitrogens is 1. The maximum absolute atomic E-state index is 13.8. The Morgan fingerprint density at radius 2 is 1.72 bits per heavy atom. The van der Waals surface area contributed by atoms with Gasteiger partial charge >= 0.3 is 5.97 Å². The van der Waals surface area contributed by atoms with Crippen LogP contribution >= 0.6 is 0 Å². The summed E-state index contributed by atoms with van der Waals surface area (Å²) in [6.07, 6.45) is -0.110.